The van der Waals surface area contributed by atoms with E-state index in [1.807, 2.05) is 72.8 Å². The molecule has 2 aromatic carbocycles. The molecule has 0 bridgehead atoms. The standard InChI is InChI=1S/C22H17F3N4/c23-22(24,25)20-13-14-26-21(27-20)29-19(17-9-5-2-6-10-17)15-18(28-29)12-11-16-7-3-1-4-8-16/h1-14,19H,15H2/b12-11+. The molecule has 0 radical (unpaired) electrons. The molecule has 0 amide bonds. The van der Waals surface area contributed by atoms with Crippen molar-refractivity contribution in [1.82, 2.24) is 9.97 Å². The molecule has 1 aromatic heterocycles. The molecule has 0 N–H and O–H groups in total. The van der Waals surface area contributed by atoms with Gasteiger partial charge in [0.05, 0.1) is 11.8 Å². The highest BCUT2D eigenvalue weighted by atomic mass is 19.4. The van der Waals surface area contributed by atoms with Gasteiger partial charge in [-0.1, -0.05) is 66.7 Å². The lowest BCUT2D eigenvalue weighted by molar-refractivity contribution is -0.141. The molecular weight excluding hydrogens is 377 g/mol. The zero-order valence-corrected chi connectivity index (χ0v) is 15.3. The Bertz CT molecular complexity index is 1030. The lowest BCUT2D eigenvalue weighted by atomic mass is 10.0. The van der Waals surface area contributed by atoms with Crippen molar-refractivity contribution in [3.63, 3.8) is 0 Å². The molecule has 3 aromatic rings. The number of hydrogen-bond donors (Lipinski definition) is 0. The number of nitrogens with zero attached hydrogens (tertiary/aromatic N) is 4. The number of allylic oxidation sites excluding steroid dienone is 1. The van der Waals surface area contributed by atoms with Crippen molar-refractivity contribution in [2.24, 2.45) is 5.10 Å². The third kappa shape index (κ3) is 4.34. The van der Waals surface area contributed by atoms with Crippen molar-refractivity contribution in [3.8, 4) is 0 Å². The van der Waals surface area contributed by atoms with Crippen LogP contribution in [0.3, 0.4) is 0 Å². The summed E-state index contributed by atoms with van der Waals surface area (Å²) in [7, 11) is 0. The Kier molecular flexibility index (Phi) is 5.12. The molecule has 1 aliphatic heterocycles. The van der Waals surface area contributed by atoms with Crippen LogP contribution in [0.1, 0.15) is 29.3 Å². The Balaban J connectivity index is 1.69. The SMILES string of the molecule is FC(F)(F)c1ccnc(N2N=C(/C=C/c3ccccc3)CC2c2ccccc2)n1. The third-order valence-corrected chi connectivity index (χ3v) is 4.52. The van der Waals surface area contributed by atoms with Gasteiger partial charge in [0.15, 0.2) is 0 Å². The summed E-state index contributed by atoms with van der Waals surface area (Å²) in [6, 6.07) is 19.8. The van der Waals surface area contributed by atoms with E-state index in [-0.39, 0.29) is 12.0 Å². The minimum absolute atomic E-state index is 0.0724. The molecule has 0 spiro atoms. The first-order valence-corrected chi connectivity index (χ1v) is 9.06. The van der Waals surface area contributed by atoms with Crippen LogP contribution >= 0.6 is 0 Å². The number of anilines is 1. The van der Waals surface area contributed by atoms with E-state index < -0.39 is 11.9 Å². The molecule has 146 valence electrons. The summed E-state index contributed by atoms with van der Waals surface area (Å²) in [5, 5.41) is 5.99. The number of hydrazone groups is 1. The fraction of sp³-hybridized carbons (Fsp3) is 0.136. The van der Waals surface area contributed by atoms with E-state index in [0.717, 1.165) is 29.1 Å². The van der Waals surface area contributed by atoms with E-state index in [2.05, 4.69) is 15.1 Å². The van der Waals surface area contributed by atoms with Gasteiger partial charge in [-0.25, -0.2) is 15.0 Å². The maximum Gasteiger partial charge on any atom is 0.433 e. The molecule has 29 heavy (non-hydrogen) atoms. The normalized spacial score (nSPS) is 17.0. The van der Waals surface area contributed by atoms with Gasteiger partial charge in [-0.15, -0.1) is 0 Å². The van der Waals surface area contributed by atoms with Crippen LogP contribution in [0.4, 0.5) is 19.1 Å². The molecule has 0 aliphatic carbocycles. The topological polar surface area (TPSA) is 41.4 Å². The molecule has 0 saturated heterocycles. The number of halogens is 3. The highest BCUT2D eigenvalue weighted by Crippen LogP contribution is 2.35. The Labute approximate surface area is 166 Å². The van der Waals surface area contributed by atoms with Crippen molar-refractivity contribution < 1.29 is 13.2 Å². The second kappa shape index (κ2) is 7.87. The van der Waals surface area contributed by atoms with Crippen LogP contribution in [0.15, 0.2) is 84.1 Å². The Hall–Kier alpha value is -3.48. The van der Waals surface area contributed by atoms with Crippen LogP contribution in [0, 0.1) is 0 Å². The summed E-state index contributed by atoms with van der Waals surface area (Å²) in [5.41, 5.74) is 1.70. The van der Waals surface area contributed by atoms with Gasteiger partial charge in [0, 0.05) is 12.6 Å². The highest BCUT2D eigenvalue weighted by Gasteiger charge is 2.35. The van der Waals surface area contributed by atoms with Crippen LogP contribution < -0.4 is 5.01 Å². The molecule has 1 atom stereocenters. The maximum atomic E-state index is 13.1. The number of benzene rings is 2. The Morgan fingerprint density at radius 1 is 0.897 bits per heavy atom. The van der Waals surface area contributed by atoms with Crippen molar-refractivity contribution in [2.75, 3.05) is 5.01 Å². The van der Waals surface area contributed by atoms with Gasteiger partial charge in [0.25, 0.3) is 0 Å². The van der Waals surface area contributed by atoms with E-state index in [1.165, 1.54) is 5.01 Å². The van der Waals surface area contributed by atoms with Crippen LogP contribution in [0.5, 0.6) is 0 Å². The van der Waals surface area contributed by atoms with E-state index in [9.17, 15) is 13.2 Å². The number of alkyl halides is 3. The molecule has 4 nitrogen and oxygen atoms in total. The lowest BCUT2D eigenvalue weighted by Gasteiger charge is -2.22. The molecule has 1 aliphatic rings. The van der Waals surface area contributed by atoms with E-state index >= 15 is 0 Å². The third-order valence-electron chi connectivity index (χ3n) is 4.52. The lowest BCUT2D eigenvalue weighted by Crippen LogP contribution is -2.22. The van der Waals surface area contributed by atoms with Gasteiger partial charge in [0.2, 0.25) is 5.95 Å². The van der Waals surface area contributed by atoms with Gasteiger partial charge in [-0.2, -0.15) is 18.3 Å². The first-order valence-electron chi connectivity index (χ1n) is 9.06. The Morgan fingerprint density at radius 2 is 1.59 bits per heavy atom. The first kappa shape index (κ1) is 18.9. The predicted octanol–water partition coefficient (Wildman–Crippen LogP) is 5.52. The molecule has 4 rings (SSSR count). The summed E-state index contributed by atoms with van der Waals surface area (Å²) in [6.45, 7) is 0. The second-order valence-corrected chi connectivity index (χ2v) is 6.55. The molecule has 2 heterocycles. The number of aromatic nitrogens is 2. The minimum atomic E-state index is -4.54. The smallest absolute Gasteiger partial charge is 0.223 e. The molecule has 7 heteroatoms. The quantitative estimate of drug-likeness (QED) is 0.585. The van der Waals surface area contributed by atoms with Gasteiger partial charge in [-0.3, -0.25) is 0 Å². The molecule has 0 fully saturated rings. The Morgan fingerprint density at radius 3 is 2.28 bits per heavy atom. The van der Waals surface area contributed by atoms with Crippen LogP contribution in [0.25, 0.3) is 6.08 Å². The number of rotatable bonds is 4. The first-order chi connectivity index (χ1) is 14.0. The van der Waals surface area contributed by atoms with E-state index in [0.29, 0.717) is 6.42 Å². The highest BCUT2D eigenvalue weighted by molar-refractivity contribution is 6.00. The van der Waals surface area contributed by atoms with Crippen molar-refractivity contribution in [1.29, 1.82) is 0 Å². The summed E-state index contributed by atoms with van der Waals surface area (Å²) >= 11 is 0. The van der Waals surface area contributed by atoms with E-state index in [4.69, 9.17) is 0 Å². The van der Waals surface area contributed by atoms with E-state index in [1.54, 1.807) is 0 Å². The van der Waals surface area contributed by atoms with Gasteiger partial charge in [0.1, 0.15) is 5.69 Å². The fourth-order valence-electron chi connectivity index (χ4n) is 3.13. The van der Waals surface area contributed by atoms with Gasteiger partial charge >= 0.3 is 6.18 Å². The zero-order chi connectivity index (χ0) is 20.3. The van der Waals surface area contributed by atoms with Crippen LogP contribution in [-0.4, -0.2) is 15.7 Å². The van der Waals surface area contributed by atoms with Gasteiger partial charge < -0.3 is 0 Å². The largest absolute Gasteiger partial charge is 0.433 e. The van der Waals surface area contributed by atoms with Crippen LogP contribution in [0.2, 0.25) is 0 Å². The summed E-state index contributed by atoms with van der Waals surface area (Å²) in [5.74, 6) is -0.0724. The van der Waals surface area contributed by atoms with Crippen molar-refractivity contribution >= 4 is 17.7 Å². The maximum absolute atomic E-state index is 13.1. The summed E-state index contributed by atoms with van der Waals surface area (Å²) in [4.78, 5) is 7.76. The van der Waals surface area contributed by atoms with Gasteiger partial charge in [-0.05, 0) is 23.3 Å². The zero-order valence-electron chi connectivity index (χ0n) is 15.3. The average Bonchev–Trinajstić information content (AvgIpc) is 3.18. The van der Waals surface area contributed by atoms with Crippen LogP contribution in [-0.2, 0) is 6.18 Å². The summed E-state index contributed by atoms with van der Waals surface area (Å²) < 4.78 is 39.3. The number of hydrogen-bond acceptors (Lipinski definition) is 4. The van der Waals surface area contributed by atoms with Crippen molar-refractivity contribution in [3.05, 3.63) is 95.8 Å². The molecule has 1 unspecified atom stereocenters. The molecule has 0 saturated carbocycles. The summed E-state index contributed by atoms with van der Waals surface area (Å²) in [6.07, 6.45) is 0.906. The minimum Gasteiger partial charge on any atom is -0.223 e. The van der Waals surface area contributed by atoms with Crippen molar-refractivity contribution in [2.45, 2.75) is 18.6 Å². The average molecular weight is 394 g/mol. The monoisotopic (exact) mass is 394 g/mol. The molecular formula is C22H17F3N4. The fourth-order valence-corrected chi connectivity index (χ4v) is 3.13. The predicted molar refractivity (Wildman–Crippen MR) is 106 cm³/mol. The second-order valence-electron chi connectivity index (χ2n) is 6.55.